The Morgan fingerprint density at radius 3 is 2.26 bits per heavy atom. The molecule has 0 bridgehead atoms. The summed E-state index contributed by atoms with van der Waals surface area (Å²) in [5, 5.41) is 9.80. The molecule has 0 atom stereocenters. The highest BCUT2D eigenvalue weighted by molar-refractivity contribution is 5.89. The first kappa shape index (κ1) is 17.3. The van der Waals surface area contributed by atoms with Gasteiger partial charge in [0, 0.05) is 6.42 Å². The summed E-state index contributed by atoms with van der Waals surface area (Å²) in [6.45, 7) is 1.49. The van der Waals surface area contributed by atoms with Gasteiger partial charge in [0.05, 0.1) is 16.6 Å². The van der Waals surface area contributed by atoms with Crippen LogP contribution in [0.15, 0.2) is 12.1 Å². The molecule has 9 heteroatoms. The van der Waals surface area contributed by atoms with Crippen LogP contribution < -0.4 is 0 Å². The molecule has 1 N–H and O–H groups in total. The lowest BCUT2D eigenvalue weighted by Crippen LogP contribution is -2.14. The highest BCUT2D eigenvalue weighted by Crippen LogP contribution is 2.34. The highest BCUT2D eigenvalue weighted by atomic mass is 19.4. The molecule has 0 saturated heterocycles. The largest absolute Gasteiger partial charge is 0.507 e. The first-order chi connectivity index (χ1) is 10.5. The minimum Gasteiger partial charge on any atom is -0.507 e. The lowest BCUT2D eigenvalue weighted by molar-refractivity contribution is -0.145. The topological polar surface area (TPSA) is 46.0 Å². The van der Waals surface area contributed by atoms with Crippen LogP contribution in [0.5, 0.6) is 5.75 Å². The van der Waals surface area contributed by atoms with Gasteiger partial charge in [-0.15, -0.1) is 0 Å². The van der Waals surface area contributed by atoms with Crippen molar-refractivity contribution in [2.75, 3.05) is 0 Å². The van der Waals surface area contributed by atoms with Crippen molar-refractivity contribution < 1.29 is 31.4 Å². The third-order valence-electron chi connectivity index (χ3n) is 3.23. The van der Waals surface area contributed by atoms with Crippen LogP contribution >= 0.6 is 0 Å². The summed E-state index contributed by atoms with van der Waals surface area (Å²) in [4.78, 5) is 6.74. The van der Waals surface area contributed by atoms with Gasteiger partial charge in [0.15, 0.2) is 0 Å². The molecule has 1 heterocycles. The Kier molecular flexibility index (Phi) is 4.41. The lowest BCUT2D eigenvalue weighted by Gasteiger charge is -2.13. The molecule has 1 aromatic carbocycles. The maximum atomic E-state index is 12.9. The van der Waals surface area contributed by atoms with Crippen LogP contribution in [0.4, 0.5) is 26.3 Å². The predicted molar refractivity (Wildman–Crippen MR) is 69.9 cm³/mol. The van der Waals surface area contributed by atoms with Gasteiger partial charge in [-0.2, -0.15) is 26.3 Å². The van der Waals surface area contributed by atoms with Gasteiger partial charge in [0.25, 0.3) is 0 Å². The van der Waals surface area contributed by atoms with Gasteiger partial charge < -0.3 is 5.11 Å². The zero-order chi connectivity index (χ0) is 17.4. The molecule has 0 aliphatic carbocycles. The summed E-state index contributed by atoms with van der Waals surface area (Å²) in [5.74, 6) is -1.79. The number of benzene rings is 1. The number of aryl methyl sites for hydroxylation is 2. The summed E-state index contributed by atoms with van der Waals surface area (Å²) < 4.78 is 75.3. The van der Waals surface area contributed by atoms with Gasteiger partial charge in [-0.05, 0) is 31.4 Å². The lowest BCUT2D eigenvalue weighted by atomic mass is 10.0. The zero-order valence-corrected chi connectivity index (χ0v) is 11.9. The minimum atomic E-state index is -4.83. The molecule has 0 saturated carbocycles. The van der Waals surface area contributed by atoms with Gasteiger partial charge >= 0.3 is 12.4 Å². The predicted octanol–water partition coefficient (Wildman–Crippen LogP) is 4.55. The molecule has 23 heavy (non-hydrogen) atoms. The van der Waals surface area contributed by atoms with E-state index in [1.807, 2.05) is 0 Å². The second-order valence-electron chi connectivity index (χ2n) is 5.09. The van der Waals surface area contributed by atoms with Crippen LogP contribution in [0.3, 0.4) is 0 Å². The van der Waals surface area contributed by atoms with Gasteiger partial charge in [-0.25, -0.2) is 9.97 Å². The fourth-order valence-corrected chi connectivity index (χ4v) is 2.19. The first-order valence-electron chi connectivity index (χ1n) is 6.62. The molecular formula is C14H12F6N2O. The minimum absolute atomic E-state index is 0.0415. The quantitative estimate of drug-likeness (QED) is 0.835. The smallest absolute Gasteiger partial charge is 0.451 e. The molecule has 3 nitrogen and oxygen atoms in total. The van der Waals surface area contributed by atoms with E-state index in [-0.39, 0.29) is 28.8 Å². The number of fused-ring (bicyclic) bond motifs is 1. The van der Waals surface area contributed by atoms with Crippen molar-refractivity contribution >= 4 is 10.9 Å². The number of nitrogens with zero attached hydrogens (tertiary/aromatic N) is 2. The molecule has 0 amide bonds. The highest BCUT2D eigenvalue weighted by Gasteiger charge is 2.36. The van der Waals surface area contributed by atoms with Crippen molar-refractivity contribution in [3.05, 3.63) is 29.2 Å². The summed E-state index contributed by atoms with van der Waals surface area (Å²) in [6, 6.07) is 2.63. The molecule has 0 radical (unpaired) electrons. The van der Waals surface area contributed by atoms with Gasteiger partial charge in [0.2, 0.25) is 5.82 Å². The number of phenolic OH excluding ortho intramolecular Hbond substituents is 1. The summed E-state index contributed by atoms with van der Waals surface area (Å²) in [6.07, 6.45) is -11.2. The van der Waals surface area contributed by atoms with E-state index in [9.17, 15) is 31.4 Å². The molecular weight excluding hydrogens is 326 g/mol. The van der Waals surface area contributed by atoms with E-state index in [1.165, 1.54) is 19.1 Å². The van der Waals surface area contributed by atoms with Gasteiger partial charge in [0.1, 0.15) is 5.75 Å². The van der Waals surface area contributed by atoms with Crippen molar-refractivity contribution in [3.63, 3.8) is 0 Å². The maximum absolute atomic E-state index is 12.9. The van der Waals surface area contributed by atoms with Crippen molar-refractivity contribution in [3.8, 4) is 5.75 Å². The Morgan fingerprint density at radius 2 is 1.70 bits per heavy atom. The number of hydrogen-bond donors (Lipinski definition) is 1. The van der Waals surface area contributed by atoms with Crippen molar-refractivity contribution in [1.82, 2.24) is 9.97 Å². The molecule has 126 valence electrons. The van der Waals surface area contributed by atoms with Crippen molar-refractivity contribution in [1.29, 1.82) is 0 Å². The Morgan fingerprint density at radius 1 is 1.04 bits per heavy atom. The average molecular weight is 338 g/mol. The van der Waals surface area contributed by atoms with E-state index in [4.69, 9.17) is 0 Å². The van der Waals surface area contributed by atoms with Crippen LogP contribution in [0.25, 0.3) is 10.9 Å². The van der Waals surface area contributed by atoms with E-state index in [1.54, 1.807) is 0 Å². The standard InChI is InChI=1S/C14H12F6N2O/c1-7-4-5-9(23)10-8(3-2-6-13(15,16)17)21-12(14(18,19)20)22-11(7)10/h4-5,23H,2-3,6H2,1H3. The van der Waals surface area contributed by atoms with E-state index in [0.717, 1.165) is 0 Å². The SMILES string of the molecule is Cc1ccc(O)c2c(CCCC(F)(F)F)nc(C(F)(F)F)nc12. The second kappa shape index (κ2) is 5.86. The van der Waals surface area contributed by atoms with Crippen molar-refractivity contribution in [2.45, 2.75) is 38.5 Å². The van der Waals surface area contributed by atoms with Gasteiger partial charge in [-0.1, -0.05) is 6.07 Å². The molecule has 1 aromatic heterocycles. The Hall–Kier alpha value is -2.06. The number of rotatable bonds is 3. The van der Waals surface area contributed by atoms with E-state index >= 15 is 0 Å². The Bertz CT molecular complexity index is 724. The molecule has 2 aromatic rings. The van der Waals surface area contributed by atoms with Crippen LogP contribution in [-0.2, 0) is 12.6 Å². The molecule has 2 rings (SSSR count). The maximum Gasteiger partial charge on any atom is 0.451 e. The second-order valence-corrected chi connectivity index (χ2v) is 5.09. The van der Waals surface area contributed by atoms with Crippen molar-refractivity contribution in [2.24, 2.45) is 0 Å². The molecule has 0 fully saturated rings. The third kappa shape index (κ3) is 4.02. The number of halogens is 6. The van der Waals surface area contributed by atoms with Gasteiger partial charge in [-0.3, -0.25) is 0 Å². The molecule has 0 aliphatic rings. The van der Waals surface area contributed by atoms with E-state index < -0.39 is 31.0 Å². The third-order valence-corrected chi connectivity index (χ3v) is 3.23. The van der Waals surface area contributed by atoms with Crippen LogP contribution in [0.1, 0.15) is 29.9 Å². The van der Waals surface area contributed by atoms with E-state index in [2.05, 4.69) is 9.97 Å². The fourth-order valence-electron chi connectivity index (χ4n) is 2.19. The summed E-state index contributed by atoms with van der Waals surface area (Å²) >= 11 is 0. The number of alkyl halides is 6. The molecule has 0 unspecified atom stereocenters. The van der Waals surface area contributed by atoms with Crippen LogP contribution in [0.2, 0.25) is 0 Å². The first-order valence-corrected chi connectivity index (χ1v) is 6.62. The normalized spacial score (nSPS) is 12.8. The number of aromatic hydroxyl groups is 1. The average Bonchev–Trinajstić information content (AvgIpc) is 2.40. The van der Waals surface area contributed by atoms with Crippen LogP contribution in [0, 0.1) is 6.92 Å². The molecule has 0 spiro atoms. The zero-order valence-electron chi connectivity index (χ0n) is 11.9. The van der Waals surface area contributed by atoms with Crippen LogP contribution in [-0.4, -0.2) is 21.3 Å². The number of hydrogen-bond acceptors (Lipinski definition) is 3. The number of aromatic nitrogens is 2. The number of phenols is 1. The summed E-state index contributed by atoms with van der Waals surface area (Å²) in [5.41, 5.74) is 0.00452. The van der Waals surface area contributed by atoms with E-state index in [0.29, 0.717) is 5.56 Å². The monoisotopic (exact) mass is 338 g/mol. The fraction of sp³-hybridized carbons (Fsp3) is 0.429. The Balaban J connectivity index is 2.53. The summed E-state index contributed by atoms with van der Waals surface area (Å²) in [7, 11) is 0. The Labute approximate surface area is 127 Å². The molecule has 0 aliphatic heterocycles.